The van der Waals surface area contributed by atoms with Crippen molar-refractivity contribution in [2.75, 3.05) is 51.2 Å². The van der Waals surface area contributed by atoms with Crippen molar-refractivity contribution < 1.29 is 31.1 Å². The largest absolute Gasteiger partial charge is 0.497 e. The fraction of sp³-hybridized carbons (Fsp3) is 0.321. The van der Waals surface area contributed by atoms with Gasteiger partial charge < -0.3 is 14.4 Å². The summed E-state index contributed by atoms with van der Waals surface area (Å²) in [6, 6.07) is 17.6. The zero-order chi connectivity index (χ0) is 29.1. The number of piperazine rings is 1. The maximum absolute atomic E-state index is 13.8. The zero-order valence-corrected chi connectivity index (χ0v) is 24.5. The van der Waals surface area contributed by atoms with Gasteiger partial charge in [-0.2, -0.15) is 4.31 Å². The average molecular weight is 588 g/mol. The van der Waals surface area contributed by atoms with Crippen LogP contribution in [0.2, 0.25) is 0 Å². The molecule has 1 heterocycles. The molecule has 214 valence electrons. The van der Waals surface area contributed by atoms with Crippen LogP contribution in [0.3, 0.4) is 0 Å². The highest BCUT2D eigenvalue weighted by molar-refractivity contribution is 7.93. The van der Waals surface area contributed by atoms with Crippen LogP contribution in [-0.4, -0.2) is 78.9 Å². The number of aryl methyl sites for hydroxylation is 2. The summed E-state index contributed by atoms with van der Waals surface area (Å²) in [4.78, 5) is 15.2. The van der Waals surface area contributed by atoms with Crippen molar-refractivity contribution in [2.45, 2.75) is 23.6 Å². The van der Waals surface area contributed by atoms with E-state index in [2.05, 4.69) is 0 Å². The molecule has 1 fully saturated rings. The van der Waals surface area contributed by atoms with Gasteiger partial charge in [-0.25, -0.2) is 16.8 Å². The van der Waals surface area contributed by atoms with E-state index < -0.39 is 32.5 Å². The first-order valence-corrected chi connectivity index (χ1v) is 15.5. The van der Waals surface area contributed by atoms with Crippen LogP contribution < -0.4 is 13.8 Å². The first kappa shape index (κ1) is 29.4. The third kappa shape index (κ3) is 6.08. The first-order valence-electron chi connectivity index (χ1n) is 12.6. The molecule has 1 aliphatic rings. The molecule has 0 saturated carbocycles. The molecule has 3 aromatic carbocycles. The normalized spacial score (nSPS) is 14.6. The summed E-state index contributed by atoms with van der Waals surface area (Å²) in [7, 11) is -4.99. The van der Waals surface area contributed by atoms with Crippen molar-refractivity contribution in [2.24, 2.45) is 0 Å². The molecule has 1 amide bonds. The third-order valence-corrected chi connectivity index (χ3v) is 10.5. The highest BCUT2D eigenvalue weighted by Crippen LogP contribution is 2.35. The van der Waals surface area contributed by atoms with Gasteiger partial charge in [0.05, 0.1) is 29.7 Å². The van der Waals surface area contributed by atoms with Crippen molar-refractivity contribution in [3.8, 4) is 11.5 Å². The second-order valence-corrected chi connectivity index (χ2v) is 13.3. The van der Waals surface area contributed by atoms with Crippen LogP contribution in [-0.2, 0) is 24.8 Å². The van der Waals surface area contributed by atoms with E-state index in [1.807, 2.05) is 13.8 Å². The molecule has 0 aliphatic carbocycles. The molecule has 0 radical (unpaired) electrons. The van der Waals surface area contributed by atoms with Crippen LogP contribution in [0.25, 0.3) is 0 Å². The highest BCUT2D eigenvalue weighted by Gasteiger charge is 2.34. The summed E-state index contributed by atoms with van der Waals surface area (Å²) in [6.07, 6.45) is 0. The minimum Gasteiger partial charge on any atom is -0.497 e. The van der Waals surface area contributed by atoms with Crippen LogP contribution in [0, 0.1) is 13.8 Å². The maximum Gasteiger partial charge on any atom is 0.264 e. The van der Waals surface area contributed by atoms with Crippen molar-refractivity contribution >= 4 is 31.6 Å². The minimum absolute atomic E-state index is 0.0257. The van der Waals surface area contributed by atoms with E-state index in [1.54, 1.807) is 48.5 Å². The van der Waals surface area contributed by atoms with E-state index in [0.29, 0.717) is 5.75 Å². The molecule has 1 aliphatic heterocycles. The van der Waals surface area contributed by atoms with Gasteiger partial charge in [0.1, 0.15) is 18.0 Å². The molecular formula is C28H33N3O7S2. The highest BCUT2D eigenvalue weighted by atomic mass is 32.2. The first-order chi connectivity index (χ1) is 19.0. The Morgan fingerprint density at radius 2 is 1.32 bits per heavy atom. The fourth-order valence-electron chi connectivity index (χ4n) is 4.39. The SMILES string of the molecule is COc1ccc(N(CC(=O)N2CCN(S(=O)(=O)c3ccc(C)cc3)CC2)S(=O)(=O)c2ccc(C)cc2)c(OC)c1. The number of carbonyl (C=O) groups excluding carboxylic acids is 1. The molecular weight excluding hydrogens is 554 g/mol. The average Bonchev–Trinajstić information content (AvgIpc) is 2.96. The van der Waals surface area contributed by atoms with E-state index in [-0.39, 0.29) is 47.4 Å². The predicted octanol–water partition coefficient (Wildman–Crippen LogP) is 3.05. The third-order valence-electron chi connectivity index (χ3n) is 6.79. The van der Waals surface area contributed by atoms with E-state index in [4.69, 9.17) is 9.47 Å². The Kier molecular flexibility index (Phi) is 8.71. The molecule has 10 nitrogen and oxygen atoms in total. The van der Waals surface area contributed by atoms with E-state index in [9.17, 15) is 21.6 Å². The maximum atomic E-state index is 13.8. The second-order valence-electron chi connectivity index (χ2n) is 9.46. The van der Waals surface area contributed by atoms with Gasteiger partial charge in [-0.1, -0.05) is 35.4 Å². The van der Waals surface area contributed by atoms with Crippen LogP contribution >= 0.6 is 0 Å². The van der Waals surface area contributed by atoms with Gasteiger partial charge in [-0.05, 0) is 50.2 Å². The van der Waals surface area contributed by atoms with Gasteiger partial charge in [0.25, 0.3) is 10.0 Å². The molecule has 3 aromatic rings. The van der Waals surface area contributed by atoms with E-state index >= 15 is 0 Å². The summed E-state index contributed by atoms with van der Waals surface area (Å²) in [5.41, 5.74) is 2.02. The number of nitrogens with zero attached hydrogens (tertiary/aromatic N) is 3. The van der Waals surface area contributed by atoms with Gasteiger partial charge in [0, 0.05) is 32.2 Å². The Labute approximate surface area is 235 Å². The number of anilines is 1. The minimum atomic E-state index is -4.17. The van der Waals surface area contributed by atoms with Crippen LogP contribution in [0.4, 0.5) is 5.69 Å². The number of hydrogen-bond acceptors (Lipinski definition) is 7. The lowest BCUT2D eigenvalue weighted by molar-refractivity contribution is -0.130. The molecule has 0 atom stereocenters. The van der Waals surface area contributed by atoms with Crippen molar-refractivity contribution in [1.82, 2.24) is 9.21 Å². The van der Waals surface area contributed by atoms with E-state index in [0.717, 1.165) is 15.4 Å². The lowest BCUT2D eigenvalue weighted by atomic mass is 10.2. The van der Waals surface area contributed by atoms with Gasteiger partial charge in [0.2, 0.25) is 15.9 Å². The van der Waals surface area contributed by atoms with Gasteiger partial charge in [-0.3, -0.25) is 9.10 Å². The molecule has 4 rings (SSSR count). The Morgan fingerprint density at radius 1 is 0.775 bits per heavy atom. The van der Waals surface area contributed by atoms with Crippen molar-refractivity contribution in [3.05, 3.63) is 77.9 Å². The van der Waals surface area contributed by atoms with E-state index in [1.165, 1.54) is 41.6 Å². The van der Waals surface area contributed by atoms with Crippen LogP contribution in [0.1, 0.15) is 11.1 Å². The monoisotopic (exact) mass is 587 g/mol. The summed E-state index contributed by atoms with van der Waals surface area (Å²) >= 11 is 0. The number of carbonyl (C=O) groups is 1. The Hall–Kier alpha value is -3.61. The molecule has 0 spiro atoms. The number of sulfonamides is 2. The molecule has 0 unspecified atom stereocenters. The molecule has 0 aromatic heterocycles. The smallest absolute Gasteiger partial charge is 0.264 e. The molecule has 12 heteroatoms. The number of ether oxygens (including phenoxy) is 2. The number of hydrogen-bond donors (Lipinski definition) is 0. The number of benzene rings is 3. The van der Waals surface area contributed by atoms with Crippen LogP contribution in [0.15, 0.2) is 76.5 Å². The number of methoxy groups -OCH3 is 2. The Bertz CT molecular complexity index is 1570. The topological polar surface area (TPSA) is 114 Å². The second kappa shape index (κ2) is 11.9. The van der Waals surface area contributed by atoms with Gasteiger partial charge in [-0.15, -0.1) is 0 Å². The lowest BCUT2D eigenvalue weighted by Gasteiger charge is -2.35. The van der Waals surface area contributed by atoms with Crippen LogP contribution in [0.5, 0.6) is 11.5 Å². The zero-order valence-electron chi connectivity index (χ0n) is 22.9. The fourth-order valence-corrected chi connectivity index (χ4v) is 7.23. The molecule has 0 N–H and O–H groups in total. The standard InChI is InChI=1S/C28H33N3O7S2/c1-21-5-10-24(11-6-21)39(33,34)30-17-15-29(16-18-30)28(32)20-31(26-14-9-23(37-3)19-27(26)38-4)40(35,36)25-12-7-22(2)8-13-25/h5-14,19H,15-18,20H2,1-4H3. The predicted molar refractivity (Wildman–Crippen MR) is 152 cm³/mol. The molecule has 1 saturated heterocycles. The lowest BCUT2D eigenvalue weighted by Crippen LogP contribution is -2.53. The summed E-state index contributed by atoms with van der Waals surface area (Å²) in [6.45, 7) is 3.68. The Balaban J connectivity index is 1.58. The quantitative estimate of drug-likeness (QED) is 0.378. The van der Waals surface area contributed by atoms with Gasteiger partial charge >= 0.3 is 0 Å². The summed E-state index contributed by atoms with van der Waals surface area (Å²) < 4.78 is 66.9. The number of rotatable bonds is 9. The summed E-state index contributed by atoms with van der Waals surface area (Å²) in [5, 5.41) is 0. The molecule has 40 heavy (non-hydrogen) atoms. The van der Waals surface area contributed by atoms with Crippen molar-refractivity contribution in [3.63, 3.8) is 0 Å². The van der Waals surface area contributed by atoms with Gasteiger partial charge in [0.15, 0.2) is 0 Å². The molecule has 0 bridgehead atoms. The summed E-state index contributed by atoms with van der Waals surface area (Å²) in [5.74, 6) is 0.225. The Morgan fingerprint density at radius 3 is 1.85 bits per heavy atom. The number of amides is 1. The van der Waals surface area contributed by atoms with Crippen molar-refractivity contribution in [1.29, 1.82) is 0 Å².